The lowest BCUT2D eigenvalue weighted by Gasteiger charge is -2.30. The zero-order valence-electron chi connectivity index (χ0n) is 11.2. The van der Waals surface area contributed by atoms with Crippen LogP contribution in [0.4, 0.5) is 0 Å². The molecule has 0 radical (unpaired) electrons. The molecule has 1 aliphatic rings. The fourth-order valence-electron chi connectivity index (χ4n) is 1.97. The molecule has 96 valence electrons. The van der Waals surface area contributed by atoms with Gasteiger partial charge in [0.05, 0.1) is 6.54 Å². The Hall–Kier alpha value is -0.940. The van der Waals surface area contributed by atoms with Gasteiger partial charge in [-0.2, -0.15) is 0 Å². The smallest absolute Gasteiger partial charge is 0.230 e. The van der Waals surface area contributed by atoms with E-state index in [0.29, 0.717) is 6.04 Å². The van der Waals surface area contributed by atoms with Gasteiger partial charge in [-0.05, 0) is 6.92 Å². The van der Waals surface area contributed by atoms with Crippen LogP contribution in [-0.2, 0) is 12.0 Å². The van der Waals surface area contributed by atoms with Crippen molar-refractivity contribution in [2.45, 2.75) is 45.7 Å². The summed E-state index contributed by atoms with van der Waals surface area (Å²) >= 11 is 0. The Morgan fingerprint density at radius 2 is 2.18 bits per heavy atom. The topological polar surface area (TPSA) is 54.2 Å². The molecule has 0 aromatic carbocycles. The molecule has 5 heteroatoms. The fourth-order valence-corrected chi connectivity index (χ4v) is 1.97. The SMILES string of the molecule is CC1CN(Cc2nnc(C(C)(C)C)o2)CCN1. The molecule has 1 aromatic rings. The standard InChI is InChI=1S/C12H22N4O/c1-9-7-16(6-5-13-9)8-10-14-15-11(17-10)12(2,3)4/h9,13H,5-8H2,1-4H3. The summed E-state index contributed by atoms with van der Waals surface area (Å²) in [6.07, 6.45) is 0. The molecule has 17 heavy (non-hydrogen) atoms. The van der Waals surface area contributed by atoms with Gasteiger partial charge in [0.25, 0.3) is 0 Å². The van der Waals surface area contributed by atoms with E-state index in [1.807, 2.05) is 0 Å². The lowest BCUT2D eigenvalue weighted by Crippen LogP contribution is -2.48. The summed E-state index contributed by atoms with van der Waals surface area (Å²) in [7, 11) is 0. The molecule has 1 atom stereocenters. The lowest BCUT2D eigenvalue weighted by molar-refractivity contribution is 0.180. The summed E-state index contributed by atoms with van der Waals surface area (Å²) in [4.78, 5) is 2.35. The first kappa shape index (κ1) is 12.5. The molecular formula is C12H22N4O. The number of nitrogens with one attached hydrogen (secondary N) is 1. The van der Waals surface area contributed by atoms with Crippen LogP contribution in [0.25, 0.3) is 0 Å². The number of hydrogen-bond donors (Lipinski definition) is 1. The maximum absolute atomic E-state index is 5.70. The van der Waals surface area contributed by atoms with Crippen molar-refractivity contribution < 1.29 is 4.42 Å². The summed E-state index contributed by atoms with van der Waals surface area (Å²) in [5, 5.41) is 11.7. The van der Waals surface area contributed by atoms with Crippen LogP contribution in [0.1, 0.15) is 39.5 Å². The summed E-state index contributed by atoms with van der Waals surface area (Å²) in [5.74, 6) is 1.44. The lowest BCUT2D eigenvalue weighted by atomic mass is 9.97. The van der Waals surface area contributed by atoms with Crippen molar-refractivity contribution in [3.63, 3.8) is 0 Å². The second-order valence-electron chi connectivity index (χ2n) is 5.84. The second kappa shape index (κ2) is 4.74. The van der Waals surface area contributed by atoms with Crippen LogP contribution in [-0.4, -0.2) is 40.8 Å². The van der Waals surface area contributed by atoms with E-state index in [-0.39, 0.29) is 5.41 Å². The first-order chi connectivity index (χ1) is 7.95. The average Bonchev–Trinajstić information content (AvgIpc) is 2.65. The molecule has 1 N–H and O–H groups in total. The number of hydrogen-bond acceptors (Lipinski definition) is 5. The van der Waals surface area contributed by atoms with Gasteiger partial charge >= 0.3 is 0 Å². The van der Waals surface area contributed by atoms with Crippen molar-refractivity contribution in [1.29, 1.82) is 0 Å². The molecule has 0 amide bonds. The van der Waals surface area contributed by atoms with E-state index in [9.17, 15) is 0 Å². The van der Waals surface area contributed by atoms with E-state index in [1.165, 1.54) is 0 Å². The molecule has 0 aliphatic carbocycles. The zero-order chi connectivity index (χ0) is 12.5. The van der Waals surface area contributed by atoms with Gasteiger partial charge in [0.2, 0.25) is 11.8 Å². The van der Waals surface area contributed by atoms with Crippen molar-refractivity contribution in [1.82, 2.24) is 20.4 Å². The molecule has 1 aromatic heterocycles. The fraction of sp³-hybridized carbons (Fsp3) is 0.833. The maximum Gasteiger partial charge on any atom is 0.230 e. The minimum absolute atomic E-state index is 0.0675. The van der Waals surface area contributed by atoms with Gasteiger partial charge in [-0.3, -0.25) is 4.90 Å². The molecule has 0 spiro atoms. The van der Waals surface area contributed by atoms with Gasteiger partial charge in [-0.25, -0.2) is 0 Å². The first-order valence-corrected chi connectivity index (χ1v) is 6.24. The van der Waals surface area contributed by atoms with Gasteiger partial charge < -0.3 is 9.73 Å². The summed E-state index contributed by atoms with van der Waals surface area (Å²) < 4.78 is 5.70. The van der Waals surface area contributed by atoms with Crippen LogP contribution in [0.2, 0.25) is 0 Å². The second-order valence-corrected chi connectivity index (χ2v) is 5.84. The minimum Gasteiger partial charge on any atom is -0.423 e. The zero-order valence-corrected chi connectivity index (χ0v) is 11.2. The van der Waals surface area contributed by atoms with Gasteiger partial charge in [-0.1, -0.05) is 20.8 Å². The van der Waals surface area contributed by atoms with Crippen LogP contribution in [0, 0.1) is 0 Å². The third-order valence-corrected chi connectivity index (χ3v) is 2.92. The Morgan fingerprint density at radius 1 is 1.41 bits per heavy atom. The van der Waals surface area contributed by atoms with E-state index < -0.39 is 0 Å². The number of aromatic nitrogens is 2. The third kappa shape index (κ3) is 3.26. The Balaban J connectivity index is 1.97. The molecule has 1 unspecified atom stereocenters. The van der Waals surface area contributed by atoms with Crippen molar-refractivity contribution in [3.8, 4) is 0 Å². The largest absolute Gasteiger partial charge is 0.423 e. The molecular weight excluding hydrogens is 216 g/mol. The Bertz CT molecular complexity index is 369. The van der Waals surface area contributed by atoms with Crippen LogP contribution < -0.4 is 5.32 Å². The Labute approximate surface area is 103 Å². The number of piperazine rings is 1. The molecule has 0 bridgehead atoms. The Morgan fingerprint density at radius 3 is 2.76 bits per heavy atom. The maximum atomic E-state index is 5.70. The van der Waals surface area contributed by atoms with E-state index in [4.69, 9.17) is 4.42 Å². The van der Waals surface area contributed by atoms with Gasteiger partial charge in [0, 0.05) is 31.1 Å². The van der Waals surface area contributed by atoms with Crippen LogP contribution >= 0.6 is 0 Å². The van der Waals surface area contributed by atoms with Crippen LogP contribution in [0.3, 0.4) is 0 Å². The highest BCUT2D eigenvalue weighted by Gasteiger charge is 2.23. The predicted octanol–water partition coefficient (Wildman–Crippen LogP) is 1.16. The van der Waals surface area contributed by atoms with Crippen LogP contribution in [0.15, 0.2) is 4.42 Å². The van der Waals surface area contributed by atoms with Gasteiger partial charge in [0.1, 0.15) is 0 Å². The minimum atomic E-state index is -0.0675. The van der Waals surface area contributed by atoms with Crippen LogP contribution in [0.5, 0.6) is 0 Å². The highest BCUT2D eigenvalue weighted by molar-refractivity contribution is 4.96. The highest BCUT2D eigenvalue weighted by Crippen LogP contribution is 2.20. The Kier molecular flexibility index (Phi) is 3.49. The molecule has 2 heterocycles. The number of rotatable bonds is 2. The molecule has 1 fully saturated rings. The molecule has 1 aliphatic heterocycles. The van der Waals surface area contributed by atoms with Gasteiger partial charge in [0.15, 0.2) is 0 Å². The quantitative estimate of drug-likeness (QED) is 0.838. The summed E-state index contributed by atoms with van der Waals surface area (Å²) in [6, 6.07) is 0.536. The van der Waals surface area contributed by atoms with E-state index in [0.717, 1.165) is 38.0 Å². The van der Waals surface area contributed by atoms with Gasteiger partial charge in [-0.15, -0.1) is 10.2 Å². The van der Waals surface area contributed by atoms with E-state index in [2.05, 4.69) is 48.1 Å². The number of nitrogens with zero attached hydrogens (tertiary/aromatic N) is 3. The third-order valence-electron chi connectivity index (χ3n) is 2.92. The van der Waals surface area contributed by atoms with Crippen molar-refractivity contribution in [3.05, 3.63) is 11.8 Å². The summed E-state index contributed by atoms with van der Waals surface area (Å²) in [5.41, 5.74) is -0.0675. The molecule has 2 rings (SSSR count). The molecule has 1 saturated heterocycles. The van der Waals surface area contributed by atoms with E-state index in [1.54, 1.807) is 0 Å². The average molecular weight is 238 g/mol. The van der Waals surface area contributed by atoms with Crippen molar-refractivity contribution in [2.75, 3.05) is 19.6 Å². The summed E-state index contributed by atoms with van der Waals surface area (Å²) in [6.45, 7) is 12.3. The van der Waals surface area contributed by atoms with E-state index >= 15 is 0 Å². The first-order valence-electron chi connectivity index (χ1n) is 6.24. The predicted molar refractivity (Wildman–Crippen MR) is 65.7 cm³/mol. The van der Waals surface area contributed by atoms with Crippen molar-refractivity contribution >= 4 is 0 Å². The monoisotopic (exact) mass is 238 g/mol. The van der Waals surface area contributed by atoms with Crippen molar-refractivity contribution in [2.24, 2.45) is 0 Å². The normalized spacial score (nSPS) is 22.9. The highest BCUT2D eigenvalue weighted by atomic mass is 16.4. The molecule has 5 nitrogen and oxygen atoms in total. The molecule has 0 saturated carbocycles.